The molecule has 3 aromatic heterocycles. The Kier molecular flexibility index (Phi) is 6.02. The summed E-state index contributed by atoms with van der Waals surface area (Å²) in [7, 11) is 0. The highest BCUT2D eigenvalue weighted by molar-refractivity contribution is 7.13. The molecule has 4 aromatic rings. The van der Waals surface area contributed by atoms with Crippen LogP contribution in [-0.2, 0) is 16.1 Å². The quantitative estimate of drug-likeness (QED) is 0.466. The van der Waals surface area contributed by atoms with Crippen LogP contribution in [0.15, 0.2) is 60.2 Å². The molecule has 0 fully saturated rings. The molecular weight excluding hydrogens is 426 g/mol. The van der Waals surface area contributed by atoms with Crippen molar-refractivity contribution in [3.8, 4) is 22.0 Å². The number of rotatable bonds is 4. The fraction of sp³-hybridized carbons (Fsp3) is 0.174. The Balaban J connectivity index is 0.000000775. The third-order valence-electron chi connectivity index (χ3n) is 5.09. The molecule has 0 atom stereocenters. The van der Waals surface area contributed by atoms with Crippen molar-refractivity contribution in [2.75, 3.05) is 4.90 Å². The van der Waals surface area contributed by atoms with Gasteiger partial charge in [0.05, 0.1) is 6.54 Å². The van der Waals surface area contributed by atoms with E-state index in [1.807, 2.05) is 46.3 Å². The molecule has 0 N–H and O–H groups in total. The van der Waals surface area contributed by atoms with E-state index in [4.69, 9.17) is 14.6 Å². The highest BCUT2D eigenvalue weighted by Crippen LogP contribution is 2.33. The van der Waals surface area contributed by atoms with Crippen LogP contribution in [-0.4, -0.2) is 31.8 Å². The molecule has 1 aliphatic rings. The van der Waals surface area contributed by atoms with E-state index in [9.17, 15) is 4.79 Å². The summed E-state index contributed by atoms with van der Waals surface area (Å²) in [6.45, 7) is 4.66. The van der Waals surface area contributed by atoms with Gasteiger partial charge in [0.15, 0.2) is 5.82 Å². The minimum Gasteiger partial charge on any atom is -0.310 e. The predicted octanol–water partition coefficient (Wildman–Crippen LogP) is 4.23. The van der Waals surface area contributed by atoms with Gasteiger partial charge in [-0.15, -0.1) is 21.5 Å². The second-order valence-corrected chi connectivity index (χ2v) is 8.31. The molecule has 4 heterocycles. The molecule has 1 amide bonds. The van der Waals surface area contributed by atoms with Crippen molar-refractivity contribution in [1.29, 1.82) is 0 Å². The number of hydrogen-bond acceptors (Lipinski definition) is 7. The number of hydrogen-bond donors (Lipinski definition) is 0. The van der Waals surface area contributed by atoms with E-state index in [2.05, 4.69) is 36.2 Å². The van der Waals surface area contributed by atoms with E-state index in [1.165, 1.54) is 0 Å². The van der Waals surface area contributed by atoms with Gasteiger partial charge in [0, 0.05) is 16.5 Å². The van der Waals surface area contributed by atoms with Gasteiger partial charge in [0.2, 0.25) is 0 Å². The third kappa shape index (κ3) is 3.99. The van der Waals surface area contributed by atoms with Gasteiger partial charge >= 0.3 is 6.15 Å². The molecule has 160 valence electrons. The van der Waals surface area contributed by atoms with Gasteiger partial charge < -0.3 is 4.57 Å². The van der Waals surface area contributed by atoms with Crippen LogP contribution in [0.2, 0.25) is 0 Å². The minimum atomic E-state index is -0.0200. The number of nitrogens with zero attached hydrogens (tertiary/aromatic N) is 5. The zero-order valence-electron chi connectivity index (χ0n) is 17.4. The molecule has 0 unspecified atom stereocenters. The molecule has 0 spiro atoms. The minimum absolute atomic E-state index is 0.0200. The van der Waals surface area contributed by atoms with Gasteiger partial charge in [0.25, 0.3) is 5.91 Å². The second kappa shape index (κ2) is 9.05. The van der Waals surface area contributed by atoms with E-state index < -0.39 is 0 Å². The van der Waals surface area contributed by atoms with Crippen molar-refractivity contribution in [3.63, 3.8) is 0 Å². The number of thiophene rings is 1. The van der Waals surface area contributed by atoms with Crippen molar-refractivity contribution < 1.29 is 14.4 Å². The molecule has 32 heavy (non-hydrogen) atoms. The average molecular weight is 446 g/mol. The normalized spacial score (nSPS) is 12.3. The van der Waals surface area contributed by atoms with Crippen LogP contribution in [0.5, 0.6) is 0 Å². The van der Waals surface area contributed by atoms with Crippen LogP contribution in [0.3, 0.4) is 0 Å². The van der Waals surface area contributed by atoms with E-state index in [0.717, 1.165) is 21.6 Å². The average Bonchev–Trinajstić information content (AvgIpc) is 3.55. The first-order chi connectivity index (χ1) is 15.5. The Bertz CT molecular complexity index is 1290. The van der Waals surface area contributed by atoms with Crippen LogP contribution in [0.1, 0.15) is 35.8 Å². The lowest BCUT2D eigenvalue weighted by molar-refractivity contribution is -0.191. The number of benzene rings is 1. The first-order valence-corrected chi connectivity index (χ1v) is 10.8. The van der Waals surface area contributed by atoms with Gasteiger partial charge in [-0.3, -0.25) is 9.69 Å². The molecule has 0 aliphatic carbocycles. The van der Waals surface area contributed by atoms with Crippen molar-refractivity contribution in [2.45, 2.75) is 26.4 Å². The molecule has 1 aromatic carbocycles. The molecule has 5 rings (SSSR count). The van der Waals surface area contributed by atoms with Gasteiger partial charge in [0.1, 0.15) is 17.8 Å². The smallest absolute Gasteiger partial charge is 0.310 e. The zero-order valence-corrected chi connectivity index (χ0v) is 18.2. The number of pyridine rings is 1. The summed E-state index contributed by atoms with van der Waals surface area (Å²) >= 11 is 1.67. The van der Waals surface area contributed by atoms with Crippen LogP contribution < -0.4 is 4.90 Å². The first-order valence-electron chi connectivity index (χ1n) is 9.88. The molecule has 0 saturated carbocycles. The van der Waals surface area contributed by atoms with Gasteiger partial charge in [-0.05, 0) is 54.6 Å². The molecule has 1 aliphatic heterocycles. The Morgan fingerprint density at radius 3 is 2.62 bits per heavy atom. The van der Waals surface area contributed by atoms with Gasteiger partial charge in [-0.1, -0.05) is 24.3 Å². The maximum Gasteiger partial charge on any atom is 0.373 e. The van der Waals surface area contributed by atoms with Gasteiger partial charge in [-0.25, -0.2) is 4.98 Å². The monoisotopic (exact) mass is 445 g/mol. The van der Waals surface area contributed by atoms with Crippen LogP contribution in [0, 0.1) is 0 Å². The molecule has 0 radical (unpaired) electrons. The molecule has 9 heteroatoms. The number of aromatic nitrogens is 4. The maximum absolute atomic E-state index is 13.1. The highest BCUT2D eigenvalue weighted by atomic mass is 32.1. The van der Waals surface area contributed by atoms with E-state index in [1.54, 1.807) is 22.6 Å². The van der Waals surface area contributed by atoms with Crippen molar-refractivity contribution in [2.24, 2.45) is 0 Å². The number of carbonyl (C=O) groups excluding carboxylic acids is 3. The Labute approximate surface area is 188 Å². The fourth-order valence-electron chi connectivity index (χ4n) is 3.58. The maximum atomic E-state index is 13.1. The first kappa shape index (κ1) is 21.3. The van der Waals surface area contributed by atoms with Crippen molar-refractivity contribution in [1.82, 2.24) is 19.7 Å². The zero-order chi connectivity index (χ0) is 22.7. The van der Waals surface area contributed by atoms with E-state index in [0.29, 0.717) is 23.9 Å². The summed E-state index contributed by atoms with van der Waals surface area (Å²) in [6.07, 6.45) is 1.96. The summed E-state index contributed by atoms with van der Waals surface area (Å²) in [4.78, 5) is 37.0. The van der Waals surface area contributed by atoms with Gasteiger partial charge in [-0.2, -0.15) is 9.59 Å². The summed E-state index contributed by atoms with van der Waals surface area (Å²) < 4.78 is 1.97. The topological polar surface area (TPSA) is 98.1 Å². The summed E-state index contributed by atoms with van der Waals surface area (Å²) in [5.74, 6) is 1.30. The van der Waals surface area contributed by atoms with Crippen LogP contribution in [0.25, 0.3) is 22.0 Å². The summed E-state index contributed by atoms with van der Waals surface area (Å²) in [5.41, 5.74) is 3.54. The SMILES string of the molecule is CC(C)n1cnnc1-c1cccc(N2Cc3ccc(-c4cccs4)cc3C2=O)n1.O=C=O. The second-order valence-electron chi connectivity index (χ2n) is 7.36. The Hall–Kier alpha value is -3.94. The number of amides is 1. The molecule has 8 nitrogen and oxygen atoms in total. The number of carbonyl (C=O) groups is 1. The molecular formula is C23H19N5O3S. The largest absolute Gasteiger partial charge is 0.373 e. The van der Waals surface area contributed by atoms with E-state index >= 15 is 0 Å². The highest BCUT2D eigenvalue weighted by Gasteiger charge is 2.30. The Morgan fingerprint density at radius 2 is 1.91 bits per heavy atom. The number of anilines is 1. The lowest BCUT2D eigenvalue weighted by Crippen LogP contribution is -2.24. The third-order valence-corrected chi connectivity index (χ3v) is 6.01. The predicted molar refractivity (Wildman–Crippen MR) is 119 cm³/mol. The van der Waals surface area contributed by atoms with Crippen LogP contribution >= 0.6 is 11.3 Å². The van der Waals surface area contributed by atoms with Crippen molar-refractivity contribution in [3.05, 3.63) is 71.4 Å². The number of fused-ring (bicyclic) bond motifs is 1. The van der Waals surface area contributed by atoms with Crippen molar-refractivity contribution >= 4 is 29.2 Å². The fourth-order valence-corrected chi connectivity index (χ4v) is 4.31. The standard InChI is InChI=1S/C22H19N5OS.CO2/c1-14(2)27-13-23-25-21(27)18-5-3-7-20(24-18)26-12-16-9-8-15(11-17(16)22(26)28)19-6-4-10-29-19;2-1-3/h3-11,13-14H,12H2,1-2H3;. The Morgan fingerprint density at radius 1 is 1.09 bits per heavy atom. The lowest BCUT2D eigenvalue weighted by atomic mass is 10.1. The lowest BCUT2D eigenvalue weighted by Gasteiger charge is -2.16. The summed E-state index contributed by atoms with van der Waals surface area (Å²) in [5, 5.41) is 10.3. The molecule has 0 saturated heterocycles. The molecule has 0 bridgehead atoms. The summed E-state index contributed by atoms with van der Waals surface area (Å²) in [6, 6.07) is 16.1. The van der Waals surface area contributed by atoms with E-state index in [-0.39, 0.29) is 18.1 Å². The van der Waals surface area contributed by atoms with Crippen LogP contribution in [0.4, 0.5) is 5.82 Å².